The lowest BCUT2D eigenvalue weighted by atomic mass is 9.78. The Morgan fingerprint density at radius 3 is 2.86 bits per heavy atom. The van der Waals surface area contributed by atoms with Gasteiger partial charge in [0.05, 0.1) is 6.04 Å². The summed E-state index contributed by atoms with van der Waals surface area (Å²) in [6, 6.07) is 3.50. The van der Waals surface area contributed by atoms with Gasteiger partial charge in [-0.1, -0.05) is 26.2 Å². The van der Waals surface area contributed by atoms with Crippen molar-refractivity contribution in [2.24, 2.45) is 11.8 Å². The maximum Gasteiger partial charge on any atom is 0.248 e. The van der Waals surface area contributed by atoms with Crippen molar-refractivity contribution < 1.29 is 4.79 Å². The largest absolute Gasteiger partial charge is 0.349 e. The van der Waals surface area contributed by atoms with E-state index in [-0.39, 0.29) is 17.5 Å². The summed E-state index contributed by atoms with van der Waals surface area (Å²) in [5.74, 6) is 1.37. The van der Waals surface area contributed by atoms with Gasteiger partial charge in [0.15, 0.2) is 0 Å². The van der Waals surface area contributed by atoms with E-state index in [1.807, 2.05) is 6.07 Å². The normalized spacial score (nSPS) is 28.0. The third-order valence-corrected chi connectivity index (χ3v) is 5.40. The van der Waals surface area contributed by atoms with Crippen LogP contribution < -0.4 is 10.9 Å². The molecule has 0 bridgehead atoms. The van der Waals surface area contributed by atoms with Crippen LogP contribution in [-0.4, -0.2) is 10.9 Å². The molecule has 0 aromatic carbocycles. The number of aryl methyl sites for hydroxylation is 1. The molecule has 3 atom stereocenters. The molecule has 0 unspecified atom stereocenters. The molecule has 2 N–H and O–H groups in total. The molecule has 22 heavy (non-hydrogen) atoms. The van der Waals surface area contributed by atoms with Gasteiger partial charge < -0.3 is 10.3 Å². The van der Waals surface area contributed by atoms with Crippen LogP contribution in [0.4, 0.5) is 0 Å². The molecule has 1 fully saturated rings. The van der Waals surface area contributed by atoms with Crippen LogP contribution in [-0.2, 0) is 11.2 Å². The number of carbonyl (C=O) groups is 1. The molecule has 1 saturated carbocycles. The lowest BCUT2D eigenvalue weighted by Crippen LogP contribution is -2.34. The van der Waals surface area contributed by atoms with E-state index in [1.54, 1.807) is 6.07 Å². The van der Waals surface area contributed by atoms with Crippen molar-refractivity contribution in [3.8, 4) is 0 Å². The highest BCUT2D eigenvalue weighted by molar-refractivity contribution is 5.76. The Hall–Kier alpha value is -1.58. The fourth-order valence-corrected chi connectivity index (χ4v) is 4.04. The minimum atomic E-state index is -0.0539. The Balaban J connectivity index is 1.64. The highest BCUT2D eigenvalue weighted by atomic mass is 16.1. The number of H-pyrrole nitrogens is 1. The second-order valence-electron chi connectivity index (χ2n) is 6.99. The zero-order valence-corrected chi connectivity index (χ0v) is 13.4. The zero-order chi connectivity index (χ0) is 15.5. The summed E-state index contributed by atoms with van der Waals surface area (Å²) in [6.45, 7) is 2.28. The molecule has 0 spiro atoms. The molecule has 0 saturated heterocycles. The van der Waals surface area contributed by atoms with E-state index in [4.69, 9.17) is 0 Å². The van der Waals surface area contributed by atoms with Gasteiger partial charge in [-0.25, -0.2) is 0 Å². The first-order valence-corrected chi connectivity index (χ1v) is 8.65. The summed E-state index contributed by atoms with van der Waals surface area (Å²) in [5, 5.41) is 3.20. The van der Waals surface area contributed by atoms with Gasteiger partial charge in [0, 0.05) is 18.2 Å². The van der Waals surface area contributed by atoms with Crippen molar-refractivity contribution in [2.75, 3.05) is 0 Å². The minimum Gasteiger partial charge on any atom is -0.349 e. The van der Waals surface area contributed by atoms with Crippen LogP contribution in [0.1, 0.15) is 69.2 Å². The molecule has 0 radical (unpaired) electrons. The van der Waals surface area contributed by atoms with Gasteiger partial charge >= 0.3 is 0 Å². The van der Waals surface area contributed by atoms with Crippen molar-refractivity contribution >= 4 is 5.91 Å². The van der Waals surface area contributed by atoms with Gasteiger partial charge in [0.2, 0.25) is 11.5 Å². The fourth-order valence-electron chi connectivity index (χ4n) is 4.04. The van der Waals surface area contributed by atoms with Crippen molar-refractivity contribution in [2.45, 2.75) is 64.3 Å². The van der Waals surface area contributed by atoms with E-state index < -0.39 is 0 Å². The van der Waals surface area contributed by atoms with Crippen molar-refractivity contribution in [1.29, 1.82) is 0 Å². The number of aromatic amines is 1. The highest BCUT2D eigenvalue weighted by Crippen LogP contribution is 2.33. The Morgan fingerprint density at radius 1 is 1.23 bits per heavy atom. The average Bonchev–Trinajstić information content (AvgIpc) is 2.49. The van der Waals surface area contributed by atoms with Gasteiger partial charge in [-0.3, -0.25) is 9.59 Å². The Labute approximate surface area is 131 Å². The van der Waals surface area contributed by atoms with Crippen LogP contribution in [0.25, 0.3) is 0 Å². The Kier molecular flexibility index (Phi) is 4.65. The molecule has 2 aliphatic rings. The molecule has 1 aromatic heterocycles. The van der Waals surface area contributed by atoms with Crippen LogP contribution in [0.15, 0.2) is 16.9 Å². The van der Waals surface area contributed by atoms with E-state index in [0.29, 0.717) is 18.3 Å². The quantitative estimate of drug-likeness (QED) is 0.901. The van der Waals surface area contributed by atoms with Crippen LogP contribution in [0.3, 0.4) is 0 Å². The lowest BCUT2D eigenvalue weighted by molar-refractivity contribution is -0.123. The second-order valence-corrected chi connectivity index (χ2v) is 6.99. The molecule has 1 amide bonds. The molecular weight excluding hydrogens is 276 g/mol. The average molecular weight is 302 g/mol. The van der Waals surface area contributed by atoms with Crippen molar-refractivity contribution in [1.82, 2.24) is 10.3 Å². The topological polar surface area (TPSA) is 62.0 Å². The molecule has 4 heteroatoms. The number of rotatable bonds is 3. The molecule has 2 aliphatic carbocycles. The van der Waals surface area contributed by atoms with Gasteiger partial charge in [0.1, 0.15) is 0 Å². The number of pyridine rings is 1. The number of amides is 1. The smallest absolute Gasteiger partial charge is 0.248 e. The number of carbonyl (C=O) groups excluding carboxylic acids is 1. The fraction of sp³-hybridized carbons (Fsp3) is 0.667. The van der Waals surface area contributed by atoms with Crippen LogP contribution in [0.5, 0.6) is 0 Å². The summed E-state index contributed by atoms with van der Waals surface area (Å²) in [6.07, 6.45) is 8.53. The second kappa shape index (κ2) is 6.67. The molecule has 0 aliphatic heterocycles. The predicted molar refractivity (Wildman–Crippen MR) is 86.6 cm³/mol. The van der Waals surface area contributed by atoms with Crippen LogP contribution in [0, 0.1) is 11.8 Å². The SMILES string of the molecule is C[C@@H]1CCCC[C@H]1CC(=O)N[C@H]1CCCc2[nH]c(=O)ccc21. The van der Waals surface area contributed by atoms with Gasteiger partial charge in [0.25, 0.3) is 0 Å². The molecule has 120 valence electrons. The first kappa shape index (κ1) is 15.3. The number of hydrogen-bond donors (Lipinski definition) is 2. The monoisotopic (exact) mass is 302 g/mol. The zero-order valence-electron chi connectivity index (χ0n) is 13.4. The number of aromatic nitrogens is 1. The Bertz CT molecular complexity index is 593. The van der Waals surface area contributed by atoms with Crippen molar-refractivity contribution in [3.05, 3.63) is 33.7 Å². The van der Waals surface area contributed by atoms with Gasteiger partial charge in [-0.2, -0.15) is 0 Å². The first-order chi connectivity index (χ1) is 10.6. The number of nitrogens with one attached hydrogen (secondary N) is 2. The first-order valence-electron chi connectivity index (χ1n) is 8.65. The Morgan fingerprint density at radius 2 is 2.05 bits per heavy atom. The van der Waals surface area contributed by atoms with Crippen LogP contribution >= 0.6 is 0 Å². The molecular formula is C18H26N2O2. The summed E-state index contributed by atoms with van der Waals surface area (Å²) in [7, 11) is 0. The van der Waals surface area contributed by atoms with E-state index >= 15 is 0 Å². The summed E-state index contributed by atoms with van der Waals surface area (Å²) in [4.78, 5) is 26.8. The van der Waals surface area contributed by atoms with Crippen LogP contribution in [0.2, 0.25) is 0 Å². The summed E-state index contributed by atoms with van der Waals surface area (Å²) < 4.78 is 0. The van der Waals surface area contributed by atoms with E-state index in [0.717, 1.165) is 30.5 Å². The standard InChI is InChI=1S/C18H26N2O2/c1-12-5-2-3-6-13(12)11-18(22)20-16-8-4-7-15-14(16)9-10-17(21)19-15/h9-10,12-13,16H,2-8,11H2,1H3,(H,19,21)(H,20,22)/t12-,13+,16+/m1/s1. The number of hydrogen-bond acceptors (Lipinski definition) is 2. The van der Waals surface area contributed by atoms with Gasteiger partial charge in [-0.05, 0) is 49.1 Å². The summed E-state index contributed by atoms with van der Waals surface area (Å²) >= 11 is 0. The third kappa shape index (κ3) is 3.42. The van der Waals surface area contributed by atoms with Crippen molar-refractivity contribution in [3.63, 3.8) is 0 Å². The molecule has 1 heterocycles. The predicted octanol–water partition coefficient (Wildman–Crippen LogP) is 3.08. The maximum atomic E-state index is 12.4. The molecule has 4 nitrogen and oxygen atoms in total. The van der Waals surface area contributed by atoms with E-state index in [2.05, 4.69) is 17.2 Å². The maximum absolute atomic E-state index is 12.4. The number of fused-ring (bicyclic) bond motifs is 1. The molecule has 3 rings (SSSR count). The third-order valence-electron chi connectivity index (χ3n) is 5.40. The van der Waals surface area contributed by atoms with E-state index in [9.17, 15) is 9.59 Å². The van der Waals surface area contributed by atoms with Gasteiger partial charge in [-0.15, -0.1) is 0 Å². The highest BCUT2D eigenvalue weighted by Gasteiger charge is 2.26. The van der Waals surface area contributed by atoms with E-state index in [1.165, 1.54) is 25.7 Å². The molecule has 1 aromatic rings. The lowest BCUT2D eigenvalue weighted by Gasteiger charge is -2.30. The minimum absolute atomic E-state index is 0.0539. The summed E-state index contributed by atoms with van der Waals surface area (Å²) in [5.41, 5.74) is 2.03.